The van der Waals surface area contributed by atoms with Crippen molar-refractivity contribution in [2.24, 2.45) is 0 Å². The summed E-state index contributed by atoms with van der Waals surface area (Å²) < 4.78 is 0. The number of hydrogen-bond acceptors (Lipinski definition) is 0. The lowest BCUT2D eigenvalue weighted by atomic mass is 9.79. The van der Waals surface area contributed by atoms with Crippen molar-refractivity contribution in [3.05, 3.63) is 34.9 Å². The summed E-state index contributed by atoms with van der Waals surface area (Å²) in [7, 11) is 0. The van der Waals surface area contributed by atoms with E-state index in [-0.39, 0.29) is 5.41 Å². The van der Waals surface area contributed by atoms with Crippen LogP contribution < -0.4 is 0 Å². The maximum absolute atomic E-state index is 6.16. The van der Waals surface area contributed by atoms with E-state index >= 15 is 0 Å². The van der Waals surface area contributed by atoms with Crippen LogP contribution in [0.25, 0.3) is 0 Å². The molecule has 0 heterocycles. The van der Waals surface area contributed by atoms with Crippen LogP contribution in [-0.4, -0.2) is 11.8 Å². The average molecular weight is 294 g/mol. The molecule has 96 valence electrons. The molecule has 0 atom stereocenters. The predicted molar refractivity (Wildman–Crippen MR) is 78.7 cm³/mol. The molecule has 3 heteroatoms. The third kappa shape index (κ3) is 4.05. The van der Waals surface area contributed by atoms with E-state index in [0.717, 1.165) is 11.4 Å². The zero-order valence-electron chi connectivity index (χ0n) is 10.2. The Kier molecular flexibility index (Phi) is 6.69. The summed E-state index contributed by atoms with van der Waals surface area (Å²) in [4.78, 5) is 0. The largest absolute Gasteiger partial charge is 0.126 e. The molecule has 0 aliphatic heterocycles. The van der Waals surface area contributed by atoms with Gasteiger partial charge in [0.25, 0.3) is 0 Å². The minimum absolute atomic E-state index is 0.108. The highest BCUT2D eigenvalue weighted by Crippen LogP contribution is 2.33. The summed E-state index contributed by atoms with van der Waals surface area (Å²) in [6.07, 6.45) is 4.64. The Balaban J connectivity index is 2.85. The standard InChI is InChI=1S/C14H19Cl3/c1-2-3-4-9-14(10-15,11-16)12-5-7-13(17)8-6-12/h5-8H,2-4,9-11H2,1H3. The Hall–Kier alpha value is 0.0900. The Morgan fingerprint density at radius 1 is 1.00 bits per heavy atom. The van der Waals surface area contributed by atoms with Gasteiger partial charge in [-0.3, -0.25) is 0 Å². The van der Waals surface area contributed by atoms with Crippen LogP contribution in [0.2, 0.25) is 5.02 Å². The third-order valence-corrected chi connectivity index (χ3v) is 4.50. The van der Waals surface area contributed by atoms with Gasteiger partial charge in [0.05, 0.1) is 0 Å². The second kappa shape index (κ2) is 7.51. The van der Waals surface area contributed by atoms with Gasteiger partial charge in [0.15, 0.2) is 0 Å². The lowest BCUT2D eigenvalue weighted by Crippen LogP contribution is -2.30. The lowest BCUT2D eigenvalue weighted by Gasteiger charge is -2.30. The van der Waals surface area contributed by atoms with Gasteiger partial charge in [-0.2, -0.15) is 0 Å². The number of rotatable bonds is 7. The van der Waals surface area contributed by atoms with Gasteiger partial charge >= 0.3 is 0 Å². The first-order chi connectivity index (χ1) is 8.18. The zero-order valence-corrected chi connectivity index (χ0v) is 12.5. The molecule has 0 aliphatic carbocycles. The van der Waals surface area contributed by atoms with Crippen LogP contribution >= 0.6 is 34.8 Å². The van der Waals surface area contributed by atoms with Crippen LogP contribution in [0.3, 0.4) is 0 Å². The lowest BCUT2D eigenvalue weighted by molar-refractivity contribution is 0.461. The molecule has 0 unspecified atom stereocenters. The van der Waals surface area contributed by atoms with Crippen LogP contribution in [0.4, 0.5) is 0 Å². The fourth-order valence-electron chi connectivity index (χ4n) is 1.98. The number of halogens is 3. The molecule has 0 bridgehead atoms. The number of unbranched alkanes of at least 4 members (excludes halogenated alkanes) is 2. The maximum atomic E-state index is 6.16. The molecule has 0 amide bonds. The maximum Gasteiger partial charge on any atom is 0.0406 e. The van der Waals surface area contributed by atoms with E-state index in [1.54, 1.807) is 0 Å². The Labute approximate surface area is 119 Å². The van der Waals surface area contributed by atoms with E-state index in [9.17, 15) is 0 Å². The van der Waals surface area contributed by atoms with Crippen LogP contribution in [0.15, 0.2) is 24.3 Å². The van der Waals surface area contributed by atoms with Crippen molar-refractivity contribution in [3.8, 4) is 0 Å². The van der Waals surface area contributed by atoms with E-state index < -0.39 is 0 Å². The van der Waals surface area contributed by atoms with E-state index in [1.165, 1.54) is 24.8 Å². The van der Waals surface area contributed by atoms with Gasteiger partial charge in [0.1, 0.15) is 0 Å². The number of hydrogen-bond donors (Lipinski definition) is 0. The molecule has 0 saturated heterocycles. The summed E-state index contributed by atoms with van der Waals surface area (Å²) >= 11 is 18.2. The van der Waals surface area contributed by atoms with Gasteiger partial charge in [-0.15, -0.1) is 23.2 Å². The topological polar surface area (TPSA) is 0 Å². The minimum atomic E-state index is -0.108. The second-order valence-electron chi connectivity index (χ2n) is 4.51. The summed E-state index contributed by atoms with van der Waals surface area (Å²) in [6, 6.07) is 7.90. The normalized spacial score (nSPS) is 11.8. The van der Waals surface area contributed by atoms with Crippen LogP contribution in [0.5, 0.6) is 0 Å². The van der Waals surface area contributed by atoms with Crippen LogP contribution in [0.1, 0.15) is 38.2 Å². The van der Waals surface area contributed by atoms with Crippen LogP contribution in [0, 0.1) is 0 Å². The average Bonchev–Trinajstić information content (AvgIpc) is 2.37. The van der Waals surface area contributed by atoms with E-state index in [2.05, 4.69) is 6.92 Å². The van der Waals surface area contributed by atoms with Gasteiger partial charge in [-0.05, 0) is 24.1 Å². The summed E-state index contributed by atoms with van der Waals surface area (Å²) in [5.41, 5.74) is 1.09. The molecule has 0 fully saturated rings. The van der Waals surface area contributed by atoms with Crippen molar-refractivity contribution < 1.29 is 0 Å². The molecule has 1 aromatic rings. The van der Waals surface area contributed by atoms with Crippen molar-refractivity contribution >= 4 is 34.8 Å². The first-order valence-electron chi connectivity index (χ1n) is 6.06. The third-order valence-electron chi connectivity index (χ3n) is 3.23. The fourth-order valence-corrected chi connectivity index (χ4v) is 2.97. The predicted octanol–water partition coefficient (Wildman–Crippen LogP) is 5.64. The highest BCUT2D eigenvalue weighted by atomic mass is 35.5. The van der Waals surface area contributed by atoms with Gasteiger partial charge < -0.3 is 0 Å². The van der Waals surface area contributed by atoms with Crippen molar-refractivity contribution in [2.75, 3.05) is 11.8 Å². The first-order valence-corrected chi connectivity index (χ1v) is 7.51. The molecule has 0 radical (unpaired) electrons. The SMILES string of the molecule is CCCCCC(CCl)(CCl)c1ccc(Cl)cc1. The van der Waals surface area contributed by atoms with Crippen molar-refractivity contribution in [2.45, 2.75) is 38.0 Å². The quantitative estimate of drug-likeness (QED) is 0.451. The highest BCUT2D eigenvalue weighted by molar-refractivity contribution is 6.30. The summed E-state index contributed by atoms with van der Waals surface area (Å²) in [5, 5.41) is 0.750. The number of benzene rings is 1. The molecule has 0 spiro atoms. The van der Waals surface area contributed by atoms with Gasteiger partial charge in [-0.25, -0.2) is 0 Å². The van der Waals surface area contributed by atoms with Gasteiger partial charge in [0.2, 0.25) is 0 Å². The monoisotopic (exact) mass is 292 g/mol. The number of alkyl halides is 2. The van der Waals surface area contributed by atoms with Crippen LogP contribution in [-0.2, 0) is 5.41 Å². The summed E-state index contributed by atoms with van der Waals surface area (Å²) in [6.45, 7) is 2.20. The highest BCUT2D eigenvalue weighted by Gasteiger charge is 2.29. The summed E-state index contributed by atoms with van der Waals surface area (Å²) in [5.74, 6) is 1.11. The molecular weight excluding hydrogens is 275 g/mol. The van der Waals surface area contributed by atoms with Crippen molar-refractivity contribution in [1.82, 2.24) is 0 Å². The molecule has 0 N–H and O–H groups in total. The molecule has 0 aromatic heterocycles. The Morgan fingerprint density at radius 2 is 1.59 bits per heavy atom. The van der Waals surface area contributed by atoms with E-state index in [0.29, 0.717) is 11.8 Å². The molecule has 17 heavy (non-hydrogen) atoms. The zero-order chi connectivity index (χ0) is 12.7. The molecule has 0 aliphatic rings. The molecule has 0 saturated carbocycles. The van der Waals surface area contributed by atoms with Crippen molar-refractivity contribution in [1.29, 1.82) is 0 Å². The van der Waals surface area contributed by atoms with E-state index in [1.807, 2.05) is 24.3 Å². The van der Waals surface area contributed by atoms with Crippen molar-refractivity contribution in [3.63, 3.8) is 0 Å². The molecular formula is C14H19Cl3. The second-order valence-corrected chi connectivity index (χ2v) is 5.48. The smallest absolute Gasteiger partial charge is 0.0406 e. The Morgan fingerprint density at radius 3 is 2.06 bits per heavy atom. The Bertz CT molecular complexity index is 315. The van der Waals surface area contributed by atoms with Gasteiger partial charge in [0, 0.05) is 22.2 Å². The van der Waals surface area contributed by atoms with Gasteiger partial charge in [-0.1, -0.05) is 49.9 Å². The minimum Gasteiger partial charge on any atom is -0.126 e. The molecule has 0 nitrogen and oxygen atoms in total. The molecule has 1 aromatic carbocycles. The fraction of sp³-hybridized carbons (Fsp3) is 0.571. The first kappa shape index (κ1) is 15.1. The van der Waals surface area contributed by atoms with E-state index in [4.69, 9.17) is 34.8 Å². The molecule has 1 rings (SSSR count).